The molecule has 0 heterocycles. The smallest absolute Gasteiger partial charge is 0.315 e. The van der Waals surface area contributed by atoms with Crippen molar-refractivity contribution >= 4 is 12.3 Å². The first kappa shape index (κ1) is 20.1. The first-order valence-corrected chi connectivity index (χ1v) is 10.9. The molecule has 3 saturated carbocycles. The maximum Gasteiger partial charge on any atom is 0.315 e. The third-order valence-electron chi connectivity index (χ3n) is 8.84. The number of aliphatic carboxylic acids is 1. The molecule has 0 saturated heterocycles. The van der Waals surface area contributed by atoms with Gasteiger partial charge in [0.25, 0.3) is 0 Å². The minimum absolute atomic E-state index is 0.0537. The maximum absolute atomic E-state index is 13.1. The molecule has 0 spiro atoms. The lowest BCUT2D eigenvalue weighted by Gasteiger charge is -2.58. The van der Waals surface area contributed by atoms with Crippen LogP contribution in [0.25, 0.3) is 0 Å². The second kappa shape index (κ2) is 6.40. The van der Waals surface area contributed by atoms with E-state index in [1.807, 2.05) is 13.8 Å². The zero-order chi connectivity index (χ0) is 20.5. The molecule has 0 aromatic rings. The van der Waals surface area contributed by atoms with E-state index in [1.54, 1.807) is 6.92 Å². The van der Waals surface area contributed by atoms with E-state index in [1.165, 1.54) is 0 Å². The maximum atomic E-state index is 13.1. The van der Waals surface area contributed by atoms with Gasteiger partial charge in [-0.25, -0.2) is 0 Å². The molecular weight excluding hydrogens is 356 g/mol. The van der Waals surface area contributed by atoms with Gasteiger partial charge in [0, 0.05) is 5.41 Å². The zero-order valence-corrected chi connectivity index (χ0v) is 17.5. The number of aliphatic hydroxyl groups excluding tert-OH is 1. The van der Waals surface area contributed by atoms with Crippen LogP contribution in [-0.4, -0.2) is 41.8 Å². The molecule has 0 aromatic heterocycles. The van der Waals surface area contributed by atoms with E-state index in [4.69, 9.17) is 4.74 Å². The first-order valence-electron chi connectivity index (χ1n) is 10.9. The third kappa shape index (κ3) is 2.10. The second-order valence-corrected chi connectivity index (χ2v) is 10.4. The number of fused-ring (bicyclic) bond motifs is 2. The predicted octanol–water partition coefficient (Wildman–Crippen LogP) is 3.31. The van der Waals surface area contributed by atoms with Crippen LogP contribution in [0.4, 0.5) is 0 Å². The SMILES string of the molecule is CC(C)C1=C[C@H]2C[C@]3(C=O)[C@@H]4CC[C@@H](C)[C@H]4C[C@@]2(COC[C@@H](C)O)[C@]13C(=O)O. The van der Waals surface area contributed by atoms with E-state index in [2.05, 4.69) is 13.0 Å². The van der Waals surface area contributed by atoms with Crippen molar-refractivity contribution in [3.05, 3.63) is 11.6 Å². The fourth-order valence-electron chi connectivity index (χ4n) is 8.05. The van der Waals surface area contributed by atoms with Crippen LogP contribution < -0.4 is 0 Å². The van der Waals surface area contributed by atoms with Gasteiger partial charge in [0.15, 0.2) is 0 Å². The largest absolute Gasteiger partial charge is 0.481 e. The molecule has 28 heavy (non-hydrogen) atoms. The lowest BCUT2D eigenvalue weighted by Crippen LogP contribution is -2.63. The molecule has 0 aromatic carbocycles. The summed E-state index contributed by atoms with van der Waals surface area (Å²) in [5.41, 5.74) is -1.67. The molecule has 8 atom stereocenters. The van der Waals surface area contributed by atoms with Gasteiger partial charge in [-0.05, 0) is 55.8 Å². The lowest BCUT2D eigenvalue weighted by atomic mass is 9.43. The fourth-order valence-corrected chi connectivity index (χ4v) is 8.05. The predicted molar refractivity (Wildman–Crippen MR) is 105 cm³/mol. The third-order valence-corrected chi connectivity index (χ3v) is 8.84. The summed E-state index contributed by atoms with van der Waals surface area (Å²) in [6.45, 7) is 8.52. The van der Waals surface area contributed by atoms with Gasteiger partial charge >= 0.3 is 5.97 Å². The number of aliphatic hydroxyl groups is 1. The molecule has 0 unspecified atom stereocenters. The summed E-state index contributed by atoms with van der Waals surface area (Å²) in [5, 5.41) is 20.5. The van der Waals surface area contributed by atoms with Gasteiger partial charge in [0.1, 0.15) is 11.7 Å². The summed E-state index contributed by atoms with van der Waals surface area (Å²) >= 11 is 0. The number of carbonyl (C=O) groups is 2. The van der Waals surface area contributed by atoms with Crippen molar-refractivity contribution in [2.75, 3.05) is 13.2 Å². The standard InChI is InChI=1S/C23H34O5/c1-13(2)19-7-16-8-21(11-24)18-6-5-14(3)17(18)9-22(16,12-28-10-15(4)25)23(19,21)20(26)27/h7,11,13-18,25H,5-6,8-10,12H2,1-4H3,(H,26,27)/t14-,15-,16+,17-,18-,21+,22+,23+/m1/s1. The van der Waals surface area contributed by atoms with Crippen molar-refractivity contribution in [1.82, 2.24) is 0 Å². The summed E-state index contributed by atoms with van der Waals surface area (Å²) in [6, 6.07) is 0. The minimum atomic E-state index is -1.18. The second-order valence-electron chi connectivity index (χ2n) is 10.4. The van der Waals surface area contributed by atoms with Crippen LogP contribution >= 0.6 is 0 Å². The number of rotatable bonds is 7. The Balaban J connectivity index is 1.90. The molecule has 0 aliphatic heterocycles. The van der Waals surface area contributed by atoms with E-state index in [9.17, 15) is 19.8 Å². The van der Waals surface area contributed by atoms with Crippen molar-refractivity contribution in [2.24, 2.45) is 45.8 Å². The summed E-state index contributed by atoms with van der Waals surface area (Å²) in [6.07, 6.45) is 6.07. The van der Waals surface area contributed by atoms with Gasteiger partial charge in [-0.3, -0.25) is 4.79 Å². The number of hydrogen-bond acceptors (Lipinski definition) is 4. The molecule has 2 N–H and O–H groups in total. The van der Waals surface area contributed by atoms with Crippen LogP contribution in [0, 0.1) is 45.8 Å². The highest BCUT2D eigenvalue weighted by atomic mass is 16.5. The van der Waals surface area contributed by atoms with Crippen LogP contribution in [0.5, 0.6) is 0 Å². The van der Waals surface area contributed by atoms with Crippen LogP contribution in [-0.2, 0) is 14.3 Å². The summed E-state index contributed by atoms with van der Waals surface area (Å²) in [5.74, 6) is 0.307. The average Bonchev–Trinajstić information content (AvgIpc) is 3.18. The normalized spacial score (nSPS) is 47.1. The molecule has 4 aliphatic carbocycles. The number of carboxylic acid groups (broad SMARTS) is 1. The highest BCUT2D eigenvalue weighted by Gasteiger charge is 2.84. The van der Waals surface area contributed by atoms with Crippen molar-refractivity contribution in [2.45, 2.75) is 59.5 Å². The molecule has 3 fully saturated rings. The van der Waals surface area contributed by atoms with Gasteiger partial charge in [0.05, 0.1) is 24.7 Å². The van der Waals surface area contributed by atoms with Crippen molar-refractivity contribution < 1.29 is 24.5 Å². The van der Waals surface area contributed by atoms with E-state index >= 15 is 0 Å². The zero-order valence-electron chi connectivity index (χ0n) is 17.5. The molecule has 4 bridgehead atoms. The molecule has 4 aliphatic rings. The van der Waals surface area contributed by atoms with E-state index < -0.39 is 28.3 Å². The molecule has 5 nitrogen and oxygen atoms in total. The molecule has 0 amide bonds. The number of carbonyl (C=O) groups excluding carboxylic acids is 1. The fraction of sp³-hybridized carbons (Fsp3) is 0.826. The lowest BCUT2D eigenvalue weighted by molar-refractivity contribution is -0.187. The summed E-state index contributed by atoms with van der Waals surface area (Å²) in [7, 11) is 0. The van der Waals surface area contributed by atoms with Crippen LogP contribution in [0.15, 0.2) is 11.6 Å². The number of ether oxygens (including phenoxy) is 1. The Morgan fingerprint density at radius 2 is 2.04 bits per heavy atom. The van der Waals surface area contributed by atoms with Gasteiger partial charge in [-0.15, -0.1) is 0 Å². The van der Waals surface area contributed by atoms with Crippen molar-refractivity contribution in [3.8, 4) is 0 Å². The van der Waals surface area contributed by atoms with Gasteiger partial charge in [-0.2, -0.15) is 0 Å². The van der Waals surface area contributed by atoms with E-state index in [0.29, 0.717) is 24.9 Å². The van der Waals surface area contributed by atoms with Gasteiger partial charge < -0.3 is 19.7 Å². The molecule has 156 valence electrons. The first-order chi connectivity index (χ1) is 13.2. The molecular formula is C23H34O5. The Hall–Kier alpha value is -1.20. The monoisotopic (exact) mass is 390 g/mol. The quantitative estimate of drug-likeness (QED) is 0.515. The van der Waals surface area contributed by atoms with Crippen molar-refractivity contribution in [1.29, 1.82) is 0 Å². The van der Waals surface area contributed by atoms with Crippen LogP contribution in [0.2, 0.25) is 0 Å². The van der Waals surface area contributed by atoms with Gasteiger partial charge in [-0.1, -0.05) is 38.8 Å². The number of hydrogen-bond donors (Lipinski definition) is 2. The summed E-state index contributed by atoms with van der Waals surface area (Å²) < 4.78 is 5.95. The van der Waals surface area contributed by atoms with Crippen LogP contribution in [0.3, 0.4) is 0 Å². The Bertz CT molecular complexity index is 712. The van der Waals surface area contributed by atoms with Gasteiger partial charge in [0.2, 0.25) is 0 Å². The van der Waals surface area contributed by atoms with Crippen molar-refractivity contribution in [3.63, 3.8) is 0 Å². The highest BCUT2D eigenvalue weighted by molar-refractivity contribution is 5.90. The number of carboxylic acids is 1. The average molecular weight is 391 g/mol. The molecule has 0 radical (unpaired) electrons. The Morgan fingerprint density at radius 3 is 2.61 bits per heavy atom. The van der Waals surface area contributed by atoms with E-state index in [0.717, 1.165) is 31.1 Å². The molecule has 5 heteroatoms. The minimum Gasteiger partial charge on any atom is -0.481 e. The Labute approximate surface area is 167 Å². The summed E-state index contributed by atoms with van der Waals surface area (Å²) in [4.78, 5) is 26.0. The van der Waals surface area contributed by atoms with E-state index in [-0.39, 0.29) is 24.4 Å². The molecule has 4 rings (SSSR count). The van der Waals surface area contributed by atoms with Crippen LogP contribution in [0.1, 0.15) is 53.4 Å². The Morgan fingerprint density at radius 1 is 1.32 bits per heavy atom. The highest BCUT2D eigenvalue weighted by Crippen LogP contribution is 2.82. The number of allylic oxidation sites excluding steroid dienone is 1. The Kier molecular flexibility index (Phi) is 4.59. The topological polar surface area (TPSA) is 83.8 Å². The number of aldehydes is 1.